The summed E-state index contributed by atoms with van der Waals surface area (Å²) in [6.45, 7) is 0.392. The van der Waals surface area contributed by atoms with Crippen molar-refractivity contribution < 1.29 is 13.2 Å². The molecule has 0 radical (unpaired) electrons. The molecule has 0 amide bonds. The van der Waals surface area contributed by atoms with Crippen molar-refractivity contribution in [3.05, 3.63) is 34.9 Å². The largest absolute Gasteiger partial charge is 0.246 e. The van der Waals surface area contributed by atoms with Gasteiger partial charge >= 0.3 is 0 Å². The Morgan fingerprint density at radius 3 is 2.18 bits per heavy atom. The zero-order chi connectivity index (χ0) is 8.43. The highest BCUT2D eigenvalue weighted by Gasteiger charge is 2.08. The molecule has 0 nitrogen and oxygen atoms in total. The van der Waals surface area contributed by atoms with E-state index in [9.17, 15) is 13.2 Å². The van der Waals surface area contributed by atoms with Crippen LogP contribution in [-0.4, -0.2) is 0 Å². The van der Waals surface area contributed by atoms with E-state index in [1.54, 1.807) is 0 Å². The monoisotopic (exact) mass is 160 g/mol. The van der Waals surface area contributed by atoms with Gasteiger partial charge in [-0.25, -0.2) is 13.2 Å². The molecule has 3 heteroatoms. The fourth-order valence-corrected chi connectivity index (χ4v) is 0.859. The summed E-state index contributed by atoms with van der Waals surface area (Å²) < 4.78 is 37.3. The first-order chi connectivity index (χ1) is 5.16. The number of halogens is 3. The summed E-state index contributed by atoms with van der Waals surface area (Å²) in [7, 11) is 0. The lowest BCUT2D eigenvalue weighted by Gasteiger charge is -2.02. The second-order valence-electron chi connectivity index (χ2n) is 2.27. The lowest BCUT2D eigenvalue weighted by molar-refractivity contribution is 0.456. The van der Waals surface area contributed by atoms with Gasteiger partial charge < -0.3 is 0 Å². The van der Waals surface area contributed by atoms with E-state index in [0.717, 1.165) is 12.1 Å². The molecule has 0 unspecified atom stereocenters. The van der Waals surface area contributed by atoms with Gasteiger partial charge in [-0.15, -0.1) is 0 Å². The summed E-state index contributed by atoms with van der Waals surface area (Å²) in [6.07, 6.45) is 0. The van der Waals surface area contributed by atoms with E-state index in [4.69, 9.17) is 0 Å². The zero-order valence-corrected chi connectivity index (χ0v) is 6.00. The minimum Gasteiger partial charge on any atom is -0.246 e. The second kappa shape index (κ2) is 2.95. The van der Waals surface area contributed by atoms with Crippen LogP contribution in [0.3, 0.4) is 0 Å². The highest BCUT2D eigenvalue weighted by Crippen LogP contribution is 2.16. The maximum absolute atomic E-state index is 12.6. The van der Waals surface area contributed by atoms with Crippen molar-refractivity contribution in [2.75, 3.05) is 0 Å². The van der Waals surface area contributed by atoms with Crippen LogP contribution in [0, 0.1) is 18.6 Å². The van der Waals surface area contributed by atoms with E-state index >= 15 is 0 Å². The highest BCUT2D eigenvalue weighted by molar-refractivity contribution is 5.28. The molecule has 0 heterocycles. The smallest absolute Gasteiger partial charge is 0.129 e. The summed E-state index contributed by atoms with van der Waals surface area (Å²) in [5.74, 6) is -1.26. The number of rotatable bonds is 1. The van der Waals surface area contributed by atoms with Crippen LogP contribution in [-0.2, 0) is 6.67 Å². The predicted octanol–water partition coefficient (Wildman–Crippen LogP) is 2.74. The number of benzene rings is 1. The van der Waals surface area contributed by atoms with Crippen molar-refractivity contribution in [1.29, 1.82) is 0 Å². The van der Waals surface area contributed by atoms with E-state index in [1.165, 1.54) is 6.92 Å². The maximum atomic E-state index is 12.6. The number of hydrogen-bond acceptors (Lipinski definition) is 0. The van der Waals surface area contributed by atoms with Crippen molar-refractivity contribution in [1.82, 2.24) is 0 Å². The number of alkyl halides is 1. The molecule has 0 aromatic heterocycles. The van der Waals surface area contributed by atoms with Crippen molar-refractivity contribution in [2.24, 2.45) is 0 Å². The van der Waals surface area contributed by atoms with Crippen molar-refractivity contribution in [3.8, 4) is 0 Å². The van der Waals surface area contributed by atoms with Crippen LogP contribution in [0.5, 0.6) is 0 Å². The molecule has 0 fully saturated rings. The third-order valence-corrected chi connectivity index (χ3v) is 1.61. The Balaban J connectivity index is 3.29. The molecule has 0 saturated carbocycles. The maximum Gasteiger partial charge on any atom is 0.129 e. The van der Waals surface area contributed by atoms with Crippen LogP contribution < -0.4 is 0 Å². The van der Waals surface area contributed by atoms with Gasteiger partial charge in [0.2, 0.25) is 0 Å². The average Bonchev–Trinajstić information content (AvgIpc) is 1.99. The molecule has 1 aromatic carbocycles. The van der Waals surface area contributed by atoms with Crippen LogP contribution in [0.1, 0.15) is 11.1 Å². The van der Waals surface area contributed by atoms with E-state index in [2.05, 4.69) is 0 Å². The quantitative estimate of drug-likeness (QED) is 0.592. The molecule has 0 spiro atoms. The Morgan fingerprint density at radius 1 is 1.18 bits per heavy atom. The molecule has 1 aromatic rings. The fraction of sp³-hybridized carbons (Fsp3) is 0.250. The van der Waals surface area contributed by atoms with E-state index in [1.807, 2.05) is 0 Å². The number of hydrogen-bond donors (Lipinski definition) is 0. The van der Waals surface area contributed by atoms with Crippen molar-refractivity contribution in [2.45, 2.75) is 13.6 Å². The molecular weight excluding hydrogens is 153 g/mol. The fourth-order valence-electron chi connectivity index (χ4n) is 0.859. The third kappa shape index (κ3) is 1.37. The van der Waals surface area contributed by atoms with Crippen LogP contribution in [0.25, 0.3) is 0 Å². The average molecular weight is 160 g/mol. The molecule has 60 valence electrons. The minimum atomic E-state index is -0.963. The molecule has 11 heavy (non-hydrogen) atoms. The normalized spacial score (nSPS) is 10.2. The topological polar surface area (TPSA) is 0 Å². The van der Waals surface area contributed by atoms with Crippen molar-refractivity contribution in [3.63, 3.8) is 0 Å². The lowest BCUT2D eigenvalue weighted by atomic mass is 10.1. The lowest BCUT2D eigenvalue weighted by Crippen LogP contribution is -1.94. The van der Waals surface area contributed by atoms with Gasteiger partial charge in [-0.05, 0) is 24.6 Å². The van der Waals surface area contributed by atoms with E-state index in [-0.39, 0.29) is 11.1 Å². The molecule has 0 saturated heterocycles. The van der Waals surface area contributed by atoms with Crippen LogP contribution >= 0.6 is 0 Å². The molecule has 0 N–H and O–H groups in total. The van der Waals surface area contributed by atoms with Gasteiger partial charge in [0.1, 0.15) is 18.3 Å². The first-order valence-electron chi connectivity index (χ1n) is 3.16. The molecule has 1 rings (SSSR count). The van der Waals surface area contributed by atoms with Gasteiger partial charge in [-0.1, -0.05) is 0 Å². The summed E-state index contributed by atoms with van der Waals surface area (Å²) in [5, 5.41) is 0. The Kier molecular flexibility index (Phi) is 2.17. The van der Waals surface area contributed by atoms with E-state index < -0.39 is 18.3 Å². The predicted molar refractivity (Wildman–Crippen MR) is 35.9 cm³/mol. The molecule has 0 aliphatic carbocycles. The SMILES string of the molecule is Cc1c(F)ccc(F)c1CF. The first-order valence-corrected chi connectivity index (χ1v) is 3.16. The Bertz CT molecular complexity index is 268. The zero-order valence-electron chi connectivity index (χ0n) is 6.00. The van der Waals surface area contributed by atoms with Gasteiger partial charge in [-0.2, -0.15) is 0 Å². The summed E-state index contributed by atoms with van der Waals surface area (Å²) >= 11 is 0. The van der Waals surface area contributed by atoms with Crippen LogP contribution in [0.15, 0.2) is 12.1 Å². The minimum absolute atomic E-state index is 0.0486. The van der Waals surface area contributed by atoms with E-state index in [0.29, 0.717) is 0 Å². The molecular formula is C8H7F3. The van der Waals surface area contributed by atoms with Gasteiger partial charge in [0.15, 0.2) is 0 Å². The third-order valence-electron chi connectivity index (χ3n) is 1.61. The molecule has 0 atom stereocenters. The highest BCUT2D eigenvalue weighted by atomic mass is 19.1. The molecule has 0 bridgehead atoms. The molecule has 0 aliphatic rings. The standard InChI is InChI=1S/C8H7F3/c1-5-6(4-9)8(11)3-2-7(5)10/h2-3H,4H2,1H3. The van der Waals surface area contributed by atoms with Crippen LogP contribution in [0.2, 0.25) is 0 Å². The Hall–Kier alpha value is -0.990. The summed E-state index contributed by atoms with van der Waals surface area (Å²) in [6, 6.07) is 1.92. The Morgan fingerprint density at radius 2 is 1.73 bits per heavy atom. The van der Waals surface area contributed by atoms with Gasteiger partial charge in [-0.3, -0.25) is 0 Å². The first kappa shape index (κ1) is 8.11. The van der Waals surface area contributed by atoms with Gasteiger partial charge in [0.05, 0.1) is 0 Å². The van der Waals surface area contributed by atoms with Gasteiger partial charge in [0.25, 0.3) is 0 Å². The second-order valence-corrected chi connectivity index (χ2v) is 2.27. The van der Waals surface area contributed by atoms with Crippen LogP contribution in [0.4, 0.5) is 13.2 Å². The van der Waals surface area contributed by atoms with Gasteiger partial charge in [0, 0.05) is 5.56 Å². The Labute approximate surface area is 62.7 Å². The summed E-state index contributed by atoms with van der Waals surface area (Å²) in [4.78, 5) is 0. The van der Waals surface area contributed by atoms with Crippen molar-refractivity contribution >= 4 is 0 Å². The molecule has 0 aliphatic heterocycles. The summed E-state index contributed by atoms with van der Waals surface area (Å²) in [5.41, 5.74) is -0.141.